The van der Waals surface area contributed by atoms with Crippen molar-refractivity contribution in [3.63, 3.8) is 0 Å². The number of nitrogens with zero attached hydrogens (tertiary/aromatic N) is 3. The summed E-state index contributed by atoms with van der Waals surface area (Å²) in [5.41, 5.74) is 3.70. The lowest BCUT2D eigenvalue weighted by atomic mass is 10.2. The predicted octanol–water partition coefficient (Wildman–Crippen LogP) is 5.76. The molecule has 31 heavy (non-hydrogen) atoms. The fraction of sp³-hybridized carbons (Fsp3) is 0.348. The van der Waals surface area contributed by atoms with Gasteiger partial charge in [0.2, 0.25) is 10.0 Å². The molecule has 3 rings (SSSR count). The first-order valence-corrected chi connectivity index (χ1v) is 13.0. The second-order valence-corrected chi connectivity index (χ2v) is 10.6. The molecule has 0 N–H and O–H groups in total. The SMILES string of the molecule is CCCN(CCC)S(=O)(=O)c1cc(-c2cs/c(=N/c3ccccc3C)n2C)ccc1Cl. The van der Waals surface area contributed by atoms with Crippen molar-refractivity contribution in [2.45, 2.75) is 38.5 Å². The summed E-state index contributed by atoms with van der Waals surface area (Å²) in [4.78, 5) is 5.77. The number of hydrogen-bond acceptors (Lipinski definition) is 4. The van der Waals surface area contributed by atoms with Gasteiger partial charge in [-0.3, -0.25) is 0 Å². The number of sulfonamides is 1. The molecule has 0 aliphatic rings. The van der Waals surface area contributed by atoms with E-state index in [0.717, 1.165) is 40.2 Å². The topological polar surface area (TPSA) is 54.7 Å². The van der Waals surface area contributed by atoms with E-state index < -0.39 is 10.0 Å². The van der Waals surface area contributed by atoms with Gasteiger partial charge in [-0.05, 0) is 43.5 Å². The third-order valence-electron chi connectivity index (χ3n) is 5.05. The Balaban J connectivity index is 2.07. The van der Waals surface area contributed by atoms with Crippen LogP contribution in [0.5, 0.6) is 0 Å². The molecule has 0 atom stereocenters. The van der Waals surface area contributed by atoms with Crippen LogP contribution < -0.4 is 4.80 Å². The van der Waals surface area contributed by atoms with Crippen molar-refractivity contribution in [3.8, 4) is 11.3 Å². The average molecular weight is 478 g/mol. The third-order valence-corrected chi connectivity index (χ3v) is 8.34. The zero-order chi connectivity index (χ0) is 22.6. The third kappa shape index (κ3) is 5.12. The second kappa shape index (κ2) is 10.1. The minimum atomic E-state index is -3.67. The largest absolute Gasteiger partial charge is 0.320 e. The minimum Gasteiger partial charge on any atom is -0.320 e. The highest BCUT2D eigenvalue weighted by Gasteiger charge is 2.26. The molecule has 166 valence electrons. The molecule has 8 heteroatoms. The molecule has 0 radical (unpaired) electrons. The van der Waals surface area contributed by atoms with E-state index in [1.54, 1.807) is 12.1 Å². The Bertz CT molecular complexity index is 1220. The minimum absolute atomic E-state index is 0.150. The summed E-state index contributed by atoms with van der Waals surface area (Å²) in [6, 6.07) is 13.2. The lowest BCUT2D eigenvalue weighted by molar-refractivity contribution is 0.410. The summed E-state index contributed by atoms with van der Waals surface area (Å²) >= 11 is 7.87. The maximum absolute atomic E-state index is 13.3. The highest BCUT2D eigenvalue weighted by molar-refractivity contribution is 7.89. The van der Waals surface area contributed by atoms with Gasteiger partial charge in [-0.15, -0.1) is 11.3 Å². The molecule has 0 amide bonds. The van der Waals surface area contributed by atoms with E-state index in [1.165, 1.54) is 15.6 Å². The normalized spacial score (nSPS) is 12.6. The van der Waals surface area contributed by atoms with Crippen molar-refractivity contribution in [3.05, 3.63) is 63.2 Å². The van der Waals surface area contributed by atoms with Crippen LogP contribution in [0.4, 0.5) is 5.69 Å². The number of rotatable bonds is 8. The van der Waals surface area contributed by atoms with E-state index in [4.69, 9.17) is 16.6 Å². The summed E-state index contributed by atoms with van der Waals surface area (Å²) in [6.45, 7) is 6.93. The molecular formula is C23H28ClN3O2S2. The van der Waals surface area contributed by atoms with E-state index in [9.17, 15) is 8.42 Å². The molecule has 0 bridgehead atoms. The van der Waals surface area contributed by atoms with Gasteiger partial charge in [0.15, 0.2) is 4.80 Å². The second-order valence-electron chi connectivity index (χ2n) is 7.41. The van der Waals surface area contributed by atoms with E-state index >= 15 is 0 Å². The van der Waals surface area contributed by atoms with Crippen LogP contribution in [0, 0.1) is 6.92 Å². The zero-order valence-corrected chi connectivity index (χ0v) is 20.7. The van der Waals surface area contributed by atoms with Crippen molar-refractivity contribution in [1.29, 1.82) is 0 Å². The maximum Gasteiger partial charge on any atom is 0.244 e. The summed E-state index contributed by atoms with van der Waals surface area (Å²) in [5, 5.41) is 2.23. The van der Waals surface area contributed by atoms with Gasteiger partial charge in [-0.25, -0.2) is 13.4 Å². The molecule has 0 aliphatic carbocycles. The summed E-state index contributed by atoms with van der Waals surface area (Å²) < 4.78 is 30.1. The van der Waals surface area contributed by atoms with Gasteiger partial charge in [0.05, 0.1) is 16.4 Å². The Kier molecular flexibility index (Phi) is 7.75. The van der Waals surface area contributed by atoms with Crippen LogP contribution in [0.2, 0.25) is 5.02 Å². The van der Waals surface area contributed by atoms with E-state index in [1.807, 2.05) is 68.1 Å². The van der Waals surface area contributed by atoms with Crippen LogP contribution in [-0.2, 0) is 17.1 Å². The standard InChI is InChI=1S/C23H28ClN3O2S2/c1-5-13-27(14-6-2)31(28,29)22-15-18(11-12-19(22)24)21-16-30-23(26(21)4)25-20-10-8-7-9-17(20)3/h7-12,15-16H,5-6,13-14H2,1-4H3/b25-23+. The van der Waals surface area contributed by atoms with Crippen molar-refractivity contribution >= 4 is 38.6 Å². The first kappa shape index (κ1) is 23.7. The van der Waals surface area contributed by atoms with Crippen LogP contribution in [0.25, 0.3) is 11.3 Å². The average Bonchev–Trinajstić information content (AvgIpc) is 3.10. The van der Waals surface area contributed by atoms with E-state index in [0.29, 0.717) is 13.1 Å². The Morgan fingerprint density at radius 2 is 1.77 bits per heavy atom. The molecule has 0 fully saturated rings. The number of benzene rings is 2. The summed E-state index contributed by atoms with van der Waals surface area (Å²) in [7, 11) is -1.74. The predicted molar refractivity (Wildman–Crippen MR) is 129 cm³/mol. The first-order chi connectivity index (χ1) is 14.8. The monoisotopic (exact) mass is 477 g/mol. The number of aromatic nitrogens is 1. The molecule has 0 aliphatic heterocycles. The molecule has 0 saturated heterocycles. The van der Waals surface area contributed by atoms with E-state index in [-0.39, 0.29) is 9.92 Å². The van der Waals surface area contributed by atoms with Crippen molar-refractivity contribution in [1.82, 2.24) is 8.87 Å². The quantitative estimate of drug-likeness (QED) is 0.414. The van der Waals surface area contributed by atoms with Gasteiger partial charge < -0.3 is 4.57 Å². The van der Waals surface area contributed by atoms with Gasteiger partial charge in [0.1, 0.15) is 4.90 Å². The Morgan fingerprint density at radius 3 is 2.42 bits per heavy atom. The Hall–Kier alpha value is -1.93. The molecule has 1 aromatic heterocycles. The molecule has 0 spiro atoms. The van der Waals surface area contributed by atoms with Gasteiger partial charge in [0, 0.05) is 31.1 Å². The molecule has 3 aromatic rings. The number of thiazole rings is 1. The number of para-hydroxylation sites is 1. The van der Waals surface area contributed by atoms with E-state index in [2.05, 4.69) is 0 Å². The highest BCUT2D eigenvalue weighted by Crippen LogP contribution is 2.31. The Labute approximate surface area is 193 Å². The van der Waals surface area contributed by atoms with Crippen LogP contribution in [0.3, 0.4) is 0 Å². The number of hydrogen-bond donors (Lipinski definition) is 0. The van der Waals surface area contributed by atoms with Gasteiger partial charge in [-0.2, -0.15) is 4.31 Å². The first-order valence-electron chi connectivity index (χ1n) is 10.3. The molecule has 2 aromatic carbocycles. The van der Waals surface area contributed by atoms with Crippen LogP contribution in [0.1, 0.15) is 32.3 Å². The fourth-order valence-electron chi connectivity index (χ4n) is 3.38. The smallest absolute Gasteiger partial charge is 0.244 e. The van der Waals surface area contributed by atoms with Crippen LogP contribution >= 0.6 is 22.9 Å². The lowest BCUT2D eigenvalue weighted by Gasteiger charge is -2.22. The number of aryl methyl sites for hydroxylation is 1. The molecule has 1 heterocycles. The van der Waals surface area contributed by atoms with Gasteiger partial charge in [-0.1, -0.05) is 49.7 Å². The zero-order valence-electron chi connectivity index (χ0n) is 18.3. The Morgan fingerprint density at radius 1 is 1.10 bits per heavy atom. The van der Waals surface area contributed by atoms with Crippen LogP contribution in [-0.4, -0.2) is 30.4 Å². The van der Waals surface area contributed by atoms with Crippen LogP contribution in [0.15, 0.2) is 57.7 Å². The highest BCUT2D eigenvalue weighted by atomic mass is 35.5. The van der Waals surface area contributed by atoms with Crippen molar-refractivity contribution in [2.24, 2.45) is 12.0 Å². The van der Waals surface area contributed by atoms with Crippen molar-refractivity contribution < 1.29 is 8.42 Å². The lowest BCUT2D eigenvalue weighted by Crippen LogP contribution is -2.32. The number of halogens is 1. The molecule has 5 nitrogen and oxygen atoms in total. The maximum atomic E-state index is 13.3. The molecular weight excluding hydrogens is 450 g/mol. The molecule has 0 saturated carbocycles. The summed E-state index contributed by atoms with van der Waals surface area (Å²) in [5.74, 6) is 0. The van der Waals surface area contributed by atoms with Crippen molar-refractivity contribution in [2.75, 3.05) is 13.1 Å². The fourth-order valence-corrected chi connectivity index (χ4v) is 6.42. The van der Waals surface area contributed by atoms with Gasteiger partial charge in [0.25, 0.3) is 0 Å². The molecule has 0 unspecified atom stereocenters. The summed E-state index contributed by atoms with van der Waals surface area (Å²) in [6.07, 6.45) is 1.50. The van der Waals surface area contributed by atoms with Gasteiger partial charge >= 0.3 is 0 Å².